The first-order chi connectivity index (χ1) is 6.88. The Morgan fingerprint density at radius 2 is 1.43 bits per heavy atom. The molecular weight excluding hydrogens is 172 g/mol. The Morgan fingerprint density at radius 3 is 2.00 bits per heavy atom. The van der Waals surface area contributed by atoms with Crippen molar-refractivity contribution in [1.82, 2.24) is 10.0 Å². The number of hydrogen-bond donors (Lipinski definition) is 0. The first-order valence-corrected chi connectivity index (χ1v) is 6.35. The normalized spacial score (nSPS) is 27.0. The zero-order chi connectivity index (χ0) is 9.80. The molecule has 2 aliphatic rings. The van der Waals surface area contributed by atoms with Crippen LogP contribution >= 0.6 is 0 Å². The molecule has 82 valence electrons. The Balaban J connectivity index is 1.84. The maximum Gasteiger partial charge on any atom is 0.0242 e. The van der Waals surface area contributed by atoms with E-state index in [0.717, 1.165) is 6.04 Å². The molecule has 0 unspecified atom stereocenters. The SMILES string of the molecule is CN(C1CCCCCC1)N1CCCC1. The van der Waals surface area contributed by atoms with Gasteiger partial charge in [-0.1, -0.05) is 25.7 Å². The summed E-state index contributed by atoms with van der Waals surface area (Å²) < 4.78 is 0. The van der Waals surface area contributed by atoms with E-state index in [0.29, 0.717) is 0 Å². The molecule has 1 aliphatic heterocycles. The Kier molecular flexibility index (Phi) is 3.82. The van der Waals surface area contributed by atoms with E-state index in [9.17, 15) is 0 Å². The molecule has 2 rings (SSSR count). The van der Waals surface area contributed by atoms with Gasteiger partial charge in [-0.3, -0.25) is 0 Å². The zero-order valence-corrected chi connectivity index (χ0v) is 9.54. The van der Waals surface area contributed by atoms with Gasteiger partial charge >= 0.3 is 0 Å². The third-order valence-electron chi connectivity index (χ3n) is 3.88. The fourth-order valence-corrected chi connectivity index (χ4v) is 2.88. The largest absolute Gasteiger partial charge is 0.242 e. The van der Waals surface area contributed by atoms with Crippen molar-refractivity contribution in [2.75, 3.05) is 20.1 Å². The van der Waals surface area contributed by atoms with E-state index in [-0.39, 0.29) is 0 Å². The molecular formula is C12H24N2. The second-order valence-electron chi connectivity index (χ2n) is 4.88. The highest BCUT2D eigenvalue weighted by molar-refractivity contribution is 4.73. The minimum atomic E-state index is 0.843. The summed E-state index contributed by atoms with van der Waals surface area (Å²) in [6, 6.07) is 0.843. The van der Waals surface area contributed by atoms with Crippen molar-refractivity contribution in [3.8, 4) is 0 Å². The lowest BCUT2D eigenvalue weighted by Crippen LogP contribution is -2.44. The minimum absolute atomic E-state index is 0.843. The predicted molar refractivity (Wildman–Crippen MR) is 60.1 cm³/mol. The summed E-state index contributed by atoms with van der Waals surface area (Å²) in [5, 5.41) is 5.12. The molecule has 14 heavy (non-hydrogen) atoms. The second kappa shape index (κ2) is 5.13. The van der Waals surface area contributed by atoms with Crippen LogP contribution in [0.5, 0.6) is 0 Å². The van der Waals surface area contributed by atoms with Gasteiger partial charge in [-0.05, 0) is 25.7 Å². The highest BCUT2D eigenvalue weighted by Gasteiger charge is 2.23. The quantitative estimate of drug-likeness (QED) is 0.626. The third kappa shape index (κ3) is 2.48. The molecule has 2 fully saturated rings. The van der Waals surface area contributed by atoms with Crippen LogP contribution in [0, 0.1) is 0 Å². The Bertz CT molecular complexity index is 156. The van der Waals surface area contributed by atoms with Gasteiger partial charge in [-0.25, -0.2) is 10.0 Å². The fourth-order valence-electron chi connectivity index (χ4n) is 2.88. The number of rotatable bonds is 2. The van der Waals surface area contributed by atoms with E-state index in [1.165, 1.54) is 64.5 Å². The zero-order valence-electron chi connectivity index (χ0n) is 9.54. The summed E-state index contributed by atoms with van der Waals surface area (Å²) in [7, 11) is 2.31. The van der Waals surface area contributed by atoms with Crippen LogP contribution in [0.25, 0.3) is 0 Å². The number of hydrogen-bond acceptors (Lipinski definition) is 2. The van der Waals surface area contributed by atoms with Crippen LogP contribution in [0.4, 0.5) is 0 Å². The van der Waals surface area contributed by atoms with E-state index in [1.807, 2.05) is 0 Å². The van der Waals surface area contributed by atoms with Gasteiger partial charge in [0.2, 0.25) is 0 Å². The number of hydrazine groups is 1. The van der Waals surface area contributed by atoms with E-state index in [1.54, 1.807) is 0 Å². The maximum absolute atomic E-state index is 2.57. The molecule has 0 amide bonds. The molecule has 0 aromatic carbocycles. The molecule has 0 aromatic heterocycles. The molecule has 1 saturated carbocycles. The van der Waals surface area contributed by atoms with Crippen molar-refractivity contribution >= 4 is 0 Å². The van der Waals surface area contributed by atoms with Gasteiger partial charge in [-0.2, -0.15) is 0 Å². The van der Waals surface area contributed by atoms with Crippen molar-refractivity contribution in [1.29, 1.82) is 0 Å². The van der Waals surface area contributed by atoms with Gasteiger partial charge in [0, 0.05) is 26.2 Å². The second-order valence-corrected chi connectivity index (χ2v) is 4.88. The Hall–Kier alpha value is -0.0800. The van der Waals surface area contributed by atoms with E-state index in [2.05, 4.69) is 17.1 Å². The summed E-state index contributed by atoms with van der Waals surface area (Å²) in [5.41, 5.74) is 0. The highest BCUT2D eigenvalue weighted by Crippen LogP contribution is 2.23. The first kappa shape index (κ1) is 10.4. The molecule has 0 N–H and O–H groups in total. The van der Waals surface area contributed by atoms with Crippen LogP contribution in [-0.2, 0) is 0 Å². The maximum atomic E-state index is 2.57. The van der Waals surface area contributed by atoms with Crippen LogP contribution in [0.2, 0.25) is 0 Å². The monoisotopic (exact) mass is 196 g/mol. The van der Waals surface area contributed by atoms with Crippen LogP contribution in [0.15, 0.2) is 0 Å². The van der Waals surface area contributed by atoms with Gasteiger partial charge in [0.05, 0.1) is 0 Å². The summed E-state index contributed by atoms with van der Waals surface area (Å²) in [6.07, 6.45) is 11.5. The van der Waals surface area contributed by atoms with Crippen LogP contribution in [-0.4, -0.2) is 36.2 Å². The molecule has 1 saturated heterocycles. The summed E-state index contributed by atoms with van der Waals surface area (Å²) in [6.45, 7) is 2.60. The van der Waals surface area contributed by atoms with Crippen molar-refractivity contribution in [3.05, 3.63) is 0 Å². The lowest BCUT2D eigenvalue weighted by Gasteiger charge is -2.34. The van der Waals surface area contributed by atoms with E-state index < -0.39 is 0 Å². The van der Waals surface area contributed by atoms with Crippen molar-refractivity contribution < 1.29 is 0 Å². The van der Waals surface area contributed by atoms with Gasteiger partial charge in [0.25, 0.3) is 0 Å². The minimum Gasteiger partial charge on any atom is -0.242 e. The number of nitrogens with zero attached hydrogens (tertiary/aromatic N) is 2. The van der Waals surface area contributed by atoms with Gasteiger partial charge in [0.15, 0.2) is 0 Å². The standard InChI is InChI=1S/C12H24N2/c1-13(14-10-6-7-11-14)12-8-4-2-3-5-9-12/h12H,2-11H2,1H3. The molecule has 0 bridgehead atoms. The summed E-state index contributed by atoms with van der Waals surface area (Å²) in [4.78, 5) is 0. The average Bonchev–Trinajstić information content (AvgIpc) is 2.59. The average molecular weight is 196 g/mol. The Morgan fingerprint density at radius 1 is 0.857 bits per heavy atom. The predicted octanol–water partition coefficient (Wildman–Crippen LogP) is 2.65. The topological polar surface area (TPSA) is 6.48 Å². The third-order valence-corrected chi connectivity index (χ3v) is 3.88. The summed E-state index contributed by atoms with van der Waals surface area (Å²) in [5.74, 6) is 0. The van der Waals surface area contributed by atoms with Crippen molar-refractivity contribution in [2.24, 2.45) is 0 Å². The molecule has 2 nitrogen and oxygen atoms in total. The molecule has 0 radical (unpaired) electrons. The Labute approximate surface area is 88.2 Å². The molecule has 0 aromatic rings. The fraction of sp³-hybridized carbons (Fsp3) is 1.00. The van der Waals surface area contributed by atoms with E-state index in [4.69, 9.17) is 0 Å². The molecule has 2 heteroatoms. The van der Waals surface area contributed by atoms with Gasteiger partial charge in [-0.15, -0.1) is 0 Å². The van der Waals surface area contributed by atoms with Crippen LogP contribution in [0.3, 0.4) is 0 Å². The van der Waals surface area contributed by atoms with Crippen molar-refractivity contribution in [2.45, 2.75) is 57.4 Å². The highest BCUT2D eigenvalue weighted by atomic mass is 15.6. The lowest BCUT2D eigenvalue weighted by atomic mass is 10.1. The van der Waals surface area contributed by atoms with E-state index >= 15 is 0 Å². The molecule has 1 heterocycles. The van der Waals surface area contributed by atoms with Gasteiger partial charge < -0.3 is 0 Å². The van der Waals surface area contributed by atoms with Crippen LogP contribution < -0.4 is 0 Å². The smallest absolute Gasteiger partial charge is 0.0242 e. The summed E-state index contributed by atoms with van der Waals surface area (Å²) >= 11 is 0. The van der Waals surface area contributed by atoms with Gasteiger partial charge in [0.1, 0.15) is 0 Å². The molecule has 0 atom stereocenters. The van der Waals surface area contributed by atoms with Crippen molar-refractivity contribution in [3.63, 3.8) is 0 Å². The first-order valence-electron chi connectivity index (χ1n) is 6.35. The lowest BCUT2D eigenvalue weighted by molar-refractivity contribution is -0.0218. The molecule has 0 spiro atoms. The van der Waals surface area contributed by atoms with Crippen LogP contribution in [0.1, 0.15) is 51.4 Å². The molecule has 1 aliphatic carbocycles.